The largest absolute Gasteiger partial charge is 0.478 e. The zero-order valence-electron chi connectivity index (χ0n) is 48.1. The van der Waals surface area contributed by atoms with Crippen LogP contribution in [0.25, 0.3) is 11.1 Å². The molecule has 8 aromatic carbocycles. The van der Waals surface area contributed by atoms with E-state index in [1.165, 1.54) is 77.0 Å². The predicted octanol–water partition coefficient (Wildman–Crippen LogP) is 9.23. The Morgan fingerprint density at radius 1 is 0.372 bits per heavy atom. The van der Waals surface area contributed by atoms with Crippen molar-refractivity contribution in [3.05, 3.63) is 217 Å². The van der Waals surface area contributed by atoms with Crippen LogP contribution in [0.4, 0.5) is 0 Å². The summed E-state index contributed by atoms with van der Waals surface area (Å²) in [4.78, 5) is 46.8. The van der Waals surface area contributed by atoms with E-state index in [0.29, 0.717) is 31.8 Å². The molecule has 0 bridgehead atoms. The molecule has 0 aromatic heterocycles. The fraction of sp³-hybridized carbons (Fsp3) is 0.212. The maximum atomic E-state index is 16.8. The van der Waals surface area contributed by atoms with Crippen LogP contribution in [-0.4, -0.2) is 97.9 Å². The van der Waals surface area contributed by atoms with Crippen LogP contribution in [0.3, 0.4) is 0 Å². The van der Waals surface area contributed by atoms with Gasteiger partial charge >= 0.3 is 23.9 Å². The Balaban J connectivity index is 0.000000285. The second kappa shape index (κ2) is 25.0. The van der Waals surface area contributed by atoms with Crippen molar-refractivity contribution in [2.45, 2.75) is 63.1 Å². The highest BCUT2D eigenvalue weighted by Crippen LogP contribution is 2.60. The normalized spacial score (nSPS) is 20.2. The Morgan fingerprint density at radius 3 is 0.860 bits per heavy atom. The van der Waals surface area contributed by atoms with E-state index >= 15 is 9.13 Å². The number of benzene rings is 8. The van der Waals surface area contributed by atoms with E-state index in [2.05, 4.69) is 0 Å². The zero-order valence-corrected chi connectivity index (χ0v) is 49.9. The van der Waals surface area contributed by atoms with Gasteiger partial charge in [0.15, 0.2) is 37.3 Å². The van der Waals surface area contributed by atoms with Crippen molar-refractivity contribution in [1.29, 1.82) is 0 Å². The van der Waals surface area contributed by atoms with Crippen LogP contribution in [-0.2, 0) is 47.1 Å². The Labute approximate surface area is 496 Å². The molecule has 4 unspecified atom stereocenters. The summed E-state index contributed by atoms with van der Waals surface area (Å²) in [5.41, 5.74) is 0.619. The first-order valence-electron chi connectivity index (χ1n) is 26.9. The lowest BCUT2D eigenvalue weighted by Gasteiger charge is -2.48. The minimum atomic E-state index is -3.89. The van der Waals surface area contributed by atoms with Crippen molar-refractivity contribution in [2.75, 3.05) is 28.4 Å². The van der Waals surface area contributed by atoms with Crippen molar-refractivity contribution in [3.8, 4) is 34.1 Å². The summed E-state index contributed by atoms with van der Waals surface area (Å²) in [5, 5.41) is 21.4. The molecule has 2 aliphatic rings. The smallest absolute Gasteiger partial charge is 0.349 e. The van der Waals surface area contributed by atoms with Crippen molar-refractivity contribution in [1.82, 2.24) is 0 Å². The highest BCUT2D eigenvalue weighted by atomic mass is 31.2. The molecule has 10 rings (SSSR count). The second-order valence-electron chi connectivity index (χ2n) is 20.2. The van der Waals surface area contributed by atoms with E-state index in [1.807, 2.05) is 121 Å². The van der Waals surface area contributed by atoms with Crippen LogP contribution in [0.1, 0.15) is 48.4 Å². The third kappa shape index (κ3) is 11.3. The highest BCUT2D eigenvalue weighted by Gasteiger charge is 2.58. The second-order valence-corrected chi connectivity index (χ2v) is 25.7. The Bertz CT molecular complexity index is 3520. The number of carbonyl (C=O) groups is 4. The molecule has 6 atom stereocenters. The van der Waals surface area contributed by atoms with Crippen LogP contribution < -0.4 is 50.8 Å². The molecule has 444 valence electrons. The maximum Gasteiger partial charge on any atom is 0.349 e. The van der Waals surface area contributed by atoms with Crippen LogP contribution in [0.5, 0.6) is 23.0 Å². The van der Waals surface area contributed by atoms with E-state index in [1.54, 1.807) is 64.1 Å². The number of hydrogen-bond acceptors (Lipinski definition) is 16. The van der Waals surface area contributed by atoms with Gasteiger partial charge in [0.25, 0.3) is 23.1 Å². The van der Waals surface area contributed by atoms with Gasteiger partial charge in [-0.2, -0.15) is 0 Å². The zero-order chi connectivity index (χ0) is 61.7. The summed E-state index contributed by atoms with van der Waals surface area (Å²) in [7, 11) is -1.77. The monoisotopic (exact) mass is 1200 g/mol. The first-order chi connectivity index (χ1) is 41.2. The lowest BCUT2D eigenvalue weighted by atomic mass is 9.98. The molecule has 0 aliphatic carbocycles. The molecular formula is C66H62O18P2. The fourth-order valence-electron chi connectivity index (χ4n) is 9.97. The van der Waals surface area contributed by atoms with Gasteiger partial charge in [0.2, 0.25) is 12.2 Å². The number of carboxylic acids is 2. The third-order valence-corrected chi connectivity index (χ3v) is 21.5. The quantitative estimate of drug-likeness (QED) is 0.0601. The molecule has 8 aromatic rings. The predicted molar refractivity (Wildman–Crippen MR) is 321 cm³/mol. The number of fused-ring (bicyclic) bond motifs is 2. The average molecular weight is 1210 g/mol. The average Bonchev–Trinajstić information content (AvgIpc) is 0.715. The fourth-order valence-corrected chi connectivity index (χ4v) is 15.7. The number of ether oxygens (including phenoxy) is 10. The Kier molecular flexibility index (Phi) is 17.9. The van der Waals surface area contributed by atoms with E-state index < -0.39 is 73.5 Å². The Morgan fingerprint density at radius 2 is 0.616 bits per heavy atom. The van der Waals surface area contributed by atoms with Gasteiger partial charge in [0.1, 0.15) is 0 Å². The van der Waals surface area contributed by atoms with Gasteiger partial charge in [-0.1, -0.05) is 158 Å². The molecule has 2 N–H and O–H groups in total. The van der Waals surface area contributed by atoms with Gasteiger partial charge in [-0.3, -0.25) is 0 Å². The molecule has 0 amide bonds. The van der Waals surface area contributed by atoms with E-state index in [9.17, 15) is 29.4 Å². The van der Waals surface area contributed by atoms with Crippen LogP contribution in [0, 0.1) is 0 Å². The minimum absolute atomic E-state index is 0.0253. The third-order valence-electron chi connectivity index (χ3n) is 15.3. The molecule has 18 nitrogen and oxygen atoms in total. The maximum absolute atomic E-state index is 16.8. The van der Waals surface area contributed by atoms with Crippen LogP contribution >= 0.6 is 14.3 Å². The molecule has 0 radical (unpaired) electrons. The van der Waals surface area contributed by atoms with Crippen LogP contribution in [0.15, 0.2) is 206 Å². The topological polar surface area (TPSA) is 235 Å². The van der Waals surface area contributed by atoms with Crippen molar-refractivity contribution in [3.63, 3.8) is 0 Å². The summed E-state index contributed by atoms with van der Waals surface area (Å²) < 4.78 is 94.6. The number of methoxy groups -OCH3 is 4. The SMILES string of the molecule is COC1(C)Oc2ccc(P(=O)(c3ccccc3)c3ccccc3)c(-c3c(P(=O)(c4ccccc4)c4ccccc4)ccc4c3OC(C)(OC)C(C)(OC)O4)c2OC1(C)OC.O=C(O[C@H](C(=O)O)[C@H](OC(=O)c1ccccc1)C(=O)O)c1ccccc1. The van der Waals surface area contributed by atoms with Gasteiger partial charge in [-0.15, -0.1) is 0 Å². The van der Waals surface area contributed by atoms with Crippen molar-refractivity contribution < 1.29 is 85.9 Å². The summed E-state index contributed by atoms with van der Waals surface area (Å²) >= 11 is 0. The van der Waals surface area contributed by atoms with Gasteiger partial charge in [0, 0.05) is 99.1 Å². The standard InChI is InChI=1S/C48H48O10P2.C18H14O8/c1-45(51-5)47(3,53-7)57-43-37(55-45)29-31-39(59(49,33-21-13-9-14-22-33)34-23-15-10-16-24-34)41(43)42-40(32-30-38-44(42)58-48(4,54-8)46(2,52-6)56-38)60(50,35-25-17-11-18-26-35)36-27-19-12-20-28-36;19-15(20)13(25-17(23)11-7-3-1-4-8-11)14(16(21)22)26-18(24)12-9-5-2-6-10-12/h9-32H,1-8H3;1-10,13-14H,(H,19,20)(H,21,22)/t;13-,14-/m.0/s1. The summed E-state index contributed by atoms with van der Waals surface area (Å²) in [6.45, 7) is 6.84. The summed E-state index contributed by atoms with van der Waals surface area (Å²) in [5.74, 6) is -10.9. The first-order valence-corrected chi connectivity index (χ1v) is 30.3. The van der Waals surface area contributed by atoms with Gasteiger partial charge in [-0.05, 0) is 48.5 Å². The minimum Gasteiger partial charge on any atom is -0.478 e. The molecule has 86 heavy (non-hydrogen) atoms. The van der Waals surface area contributed by atoms with Gasteiger partial charge in [-0.25, -0.2) is 19.2 Å². The van der Waals surface area contributed by atoms with Gasteiger partial charge in [0.05, 0.1) is 11.1 Å². The first kappa shape index (κ1) is 61.7. The number of carbonyl (C=O) groups excluding carboxylic acids is 2. The lowest BCUT2D eigenvalue weighted by molar-refractivity contribution is -0.345. The number of carboxylic acid groups (broad SMARTS) is 2. The van der Waals surface area contributed by atoms with Crippen molar-refractivity contribution >= 4 is 70.0 Å². The van der Waals surface area contributed by atoms with Crippen molar-refractivity contribution in [2.24, 2.45) is 0 Å². The molecular weight excluding hydrogens is 1140 g/mol. The molecule has 20 heteroatoms. The summed E-state index contributed by atoms with van der Waals surface area (Å²) in [6.07, 6.45) is -4.43. The highest BCUT2D eigenvalue weighted by molar-refractivity contribution is 7.86. The van der Waals surface area contributed by atoms with E-state index in [4.69, 9.17) is 47.4 Å². The molecule has 2 heterocycles. The number of rotatable bonds is 18. The molecule has 2 aliphatic heterocycles. The number of esters is 2. The van der Waals surface area contributed by atoms with E-state index in [0.717, 1.165) is 0 Å². The molecule has 0 fully saturated rings. The number of aliphatic carboxylic acids is 2. The molecule has 0 saturated heterocycles. The lowest BCUT2D eigenvalue weighted by Crippen LogP contribution is -2.62. The van der Waals surface area contributed by atoms with Crippen LogP contribution in [0.2, 0.25) is 0 Å². The van der Waals surface area contributed by atoms with E-state index in [-0.39, 0.29) is 45.3 Å². The summed E-state index contributed by atoms with van der Waals surface area (Å²) in [6, 6.07) is 59.0. The number of hydrogen-bond donors (Lipinski definition) is 2. The molecule has 0 spiro atoms. The van der Waals surface area contributed by atoms with Gasteiger partial charge < -0.3 is 66.7 Å². The molecule has 0 saturated carbocycles. The Hall–Kier alpha value is -8.86.